The van der Waals surface area contributed by atoms with Gasteiger partial charge in [0.2, 0.25) is 5.95 Å². The Balaban J connectivity index is 1.12. The number of benzene rings is 2. The number of piperazine rings is 1. The average molecular weight is 652 g/mol. The minimum atomic E-state index is -4.59. The summed E-state index contributed by atoms with van der Waals surface area (Å²) < 4.78 is 48.2. The highest BCUT2D eigenvalue weighted by molar-refractivity contribution is 6.05. The number of hydrogen-bond acceptors (Lipinski definition) is 11. The number of morpholine rings is 1. The van der Waals surface area contributed by atoms with Crippen LogP contribution < -0.4 is 26.2 Å². The van der Waals surface area contributed by atoms with Gasteiger partial charge in [-0.2, -0.15) is 18.2 Å². The number of anilines is 5. The van der Waals surface area contributed by atoms with Crippen molar-refractivity contribution in [2.75, 3.05) is 86.4 Å². The maximum Gasteiger partial charge on any atom is 0.416 e. The first-order chi connectivity index (χ1) is 22.7. The molecule has 2 aliphatic heterocycles. The second-order valence-corrected chi connectivity index (χ2v) is 11.3. The third-order valence-corrected chi connectivity index (χ3v) is 7.95. The first-order valence-electron chi connectivity index (χ1n) is 15.4. The maximum atomic E-state index is 13.8. The molecule has 0 saturated carbocycles. The summed E-state index contributed by atoms with van der Waals surface area (Å²) in [6, 6.07) is 10.4. The Labute approximate surface area is 269 Å². The van der Waals surface area contributed by atoms with E-state index in [1.54, 1.807) is 24.3 Å². The van der Waals surface area contributed by atoms with Crippen molar-refractivity contribution in [1.29, 1.82) is 0 Å². The Morgan fingerprint density at radius 2 is 1.81 bits per heavy atom. The van der Waals surface area contributed by atoms with Crippen molar-refractivity contribution in [2.24, 2.45) is 0 Å². The Kier molecular flexibility index (Phi) is 9.79. The molecule has 0 aliphatic carbocycles. The standard InChI is InChI=1S/C31H36F3N11O2/c1-21-2-3-24(40-29(46)22-14-23(31(32,33)34)16-25(15-22)44-8-4-35-5-9-44)17-26(21)41-30-39-20-45(42-30)28-18-27(37-19-38-28)36-6-7-43-10-12-47-13-11-43/h2-3,14-20,35H,4-13H2,1H3,(H,40,46)(H,41,42)(H,36,37,38). The lowest BCUT2D eigenvalue weighted by atomic mass is 10.1. The van der Waals surface area contributed by atoms with Gasteiger partial charge in [0.05, 0.1) is 18.8 Å². The zero-order valence-corrected chi connectivity index (χ0v) is 25.8. The molecule has 0 unspecified atom stereocenters. The van der Waals surface area contributed by atoms with Crippen LogP contribution in [0.3, 0.4) is 0 Å². The molecule has 4 aromatic rings. The Morgan fingerprint density at radius 1 is 1.00 bits per heavy atom. The number of nitrogens with one attached hydrogen (secondary N) is 4. The number of halogens is 3. The molecule has 0 radical (unpaired) electrons. The quantitative estimate of drug-likeness (QED) is 0.201. The SMILES string of the molecule is Cc1ccc(NC(=O)c2cc(N3CCNCC3)cc(C(F)(F)F)c2)cc1Nc1ncn(-c2cc(NCCN3CCOCC3)ncn2)n1. The Hall–Kier alpha value is -4.80. The molecular formula is C31H36F3N11O2. The second kappa shape index (κ2) is 14.3. The number of aryl methyl sites for hydroxylation is 1. The molecule has 248 valence electrons. The van der Waals surface area contributed by atoms with Crippen molar-refractivity contribution >= 4 is 34.7 Å². The molecule has 16 heteroatoms. The van der Waals surface area contributed by atoms with Crippen molar-refractivity contribution in [3.8, 4) is 5.82 Å². The highest BCUT2D eigenvalue weighted by atomic mass is 19.4. The van der Waals surface area contributed by atoms with Gasteiger partial charge in [-0.1, -0.05) is 6.07 Å². The molecule has 4 N–H and O–H groups in total. The highest BCUT2D eigenvalue weighted by Gasteiger charge is 2.32. The molecule has 2 fully saturated rings. The molecule has 0 bridgehead atoms. The predicted octanol–water partition coefficient (Wildman–Crippen LogP) is 3.53. The van der Waals surface area contributed by atoms with Crippen LogP contribution in [0.25, 0.3) is 5.82 Å². The number of rotatable bonds is 10. The van der Waals surface area contributed by atoms with Crippen LogP contribution in [-0.4, -0.2) is 101 Å². The van der Waals surface area contributed by atoms with E-state index in [0.29, 0.717) is 54.9 Å². The Bertz CT molecular complexity index is 1690. The molecule has 0 atom stereocenters. The van der Waals surface area contributed by atoms with Gasteiger partial charge >= 0.3 is 6.18 Å². The van der Waals surface area contributed by atoms with Crippen LogP contribution in [0.4, 0.5) is 42.0 Å². The van der Waals surface area contributed by atoms with Crippen molar-refractivity contribution in [3.63, 3.8) is 0 Å². The minimum Gasteiger partial charge on any atom is -0.379 e. The number of carbonyl (C=O) groups is 1. The largest absolute Gasteiger partial charge is 0.416 e. The summed E-state index contributed by atoms with van der Waals surface area (Å²) in [4.78, 5) is 30.4. The molecule has 2 aliphatic rings. The first-order valence-corrected chi connectivity index (χ1v) is 15.4. The van der Waals surface area contributed by atoms with Crippen LogP contribution in [0.1, 0.15) is 21.5 Å². The molecule has 4 heterocycles. The molecule has 47 heavy (non-hydrogen) atoms. The highest BCUT2D eigenvalue weighted by Crippen LogP contribution is 2.33. The first kappa shape index (κ1) is 32.2. The lowest BCUT2D eigenvalue weighted by Gasteiger charge is -2.30. The van der Waals surface area contributed by atoms with E-state index in [2.05, 4.69) is 46.2 Å². The van der Waals surface area contributed by atoms with E-state index >= 15 is 0 Å². The summed E-state index contributed by atoms with van der Waals surface area (Å²) in [5, 5.41) is 16.9. The van der Waals surface area contributed by atoms with E-state index in [4.69, 9.17) is 4.74 Å². The summed E-state index contributed by atoms with van der Waals surface area (Å²) in [6.07, 6.45) is -1.62. The van der Waals surface area contributed by atoms with Gasteiger partial charge in [-0.3, -0.25) is 9.69 Å². The van der Waals surface area contributed by atoms with Crippen LogP contribution >= 0.6 is 0 Å². The van der Waals surface area contributed by atoms with Crippen LogP contribution in [0.2, 0.25) is 0 Å². The molecule has 2 aromatic heterocycles. The maximum absolute atomic E-state index is 13.8. The lowest BCUT2D eigenvalue weighted by Crippen LogP contribution is -2.43. The molecule has 13 nitrogen and oxygen atoms in total. The molecule has 0 spiro atoms. The van der Waals surface area contributed by atoms with Crippen molar-refractivity contribution in [2.45, 2.75) is 13.1 Å². The zero-order chi connectivity index (χ0) is 32.8. The van der Waals surface area contributed by atoms with Gasteiger partial charge in [0.25, 0.3) is 5.91 Å². The second-order valence-electron chi connectivity index (χ2n) is 11.3. The van der Waals surface area contributed by atoms with Gasteiger partial charge in [0.1, 0.15) is 18.5 Å². The number of hydrogen-bond donors (Lipinski definition) is 4. The third kappa shape index (κ3) is 8.33. The smallest absolute Gasteiger partial charge is 0.379 e. The predicted molar refractivity (Wildman–Crippen MR) is 172 cm³/mol. The van der Waals surface area contributed by atoms with Gasteiger partial charge in [-0.15, -0.1) is 5.10 Å². The summed E-state index contributed by atoms with van der Waals surface area (Å²) in [6.45, 7) is 9.17. The zero-order valence-electron chi connectivity index (χ0n) is 25.8. The van der Waals surface area contributed by atoms with E-state index in [1.165, 1.54) is 23.4 Å². The summed E-state index contributed by atoms with van der Waals surface area (Å²) >= 11 is 0. The average Bonchev–Trinajstić information content (AvgIpc) is 3.55. The van der Waals surface area contributed by atoms with Gasteiger partial charge < -0.3 is 30.9 Å². The van der Waals surface area contributed by atoms with Crippen LogP contribution in [0.15, 0.2) is 55.1 Å². The fraction of sp³-hybridized carbons (Fsp3) is 0.387. The fourth-order valence-corrected chi connectivity index (χ4v) is 5.34. The normalized spacial score (nSPS) is 15.8. The van der Waals surface area contributed by atoms with Crippen molar-refractivity contribution in [1.82, 2.24) is 34.9 Å². The van der Waals surface area contributed by atoms with Crippen LogP contribution in [0.5, 0.6) is 0 Å². The molecule has 2 saturated heterocycles. The van der Waals surface area contributed by atoms with Gasteiger partial charge in [-0.25, -0.2) is 14.6 Å². The number of ether oxygens (including phenoxy) is 1. The molecule has 2 aromatic carbocycles. The molecule has 6 rings (SSSR count). The van der Waals surface area contributed by atoms with Crippen molar-refractivity contribution < 1.29 is 22.7 Å². The van der Waals surface area contributed by atoms with Gasteiger partial charge in [0.15, 0.2) is 5.82 Å². The van der Waals surface area contributed by atoms with Crippen molar-refractivity contribution in [3.05, 3.63) is 71.8 Å². The number of nitrogens with zero attached hydrogens (tertiary/aromatic N) is 7. The lowest BCUT2D eigenvalue weighted by molar-refractivity contribution is -0.137. The van der Waals surface area contributed by atoms with E-state index in [-0.39, 0.29) is 11.5 Å². The van der Waals surface area contributed by atoms with Gasteiger partial charge in [-0.05, 0) is 42.8 Å². The minimum absolute atomic E-state index is 0.0799. The topological polar surface area (TPSA) is 137 Å². The van der Waals surface area contributed by atoms with E-state index in [0.717, 1.165) is 57.1 Å². The number of aromatic nitrogens is 5. The van der Waals surface area contributed by atoms with Crippen LogP contribution in [0, 0.1) is 6.92 Å². The number of carbonyl (C=O) groups excluding carboxylic acids is 1. The summed E-state index contributed by atoms with van der Waals surface area (Å²) in [5.41, 5.74) is 1.26. The van der Waals surface area contributed by atoms with E-state index in [1.807, 2.05) is 11.8 Å². The fourth-order valence-electron chi connectivity index (χ4n) is 5.34. The summed E-state index contributed by atoms with van der Waals surface area (Å²) in [5.74, 6) is 0.820. The monoisotopic (exact) mass is 651 g/mol. The number of amides is 1. The molecule has 1 amide bonds. The number of alkyl halides is 3. The van der Waals surface area contributed by atoms with Gasteiger partial charge in [0, 0.05) is 81.1 Å². The summed E-state index contributed by atoms with van der Waals surface area (Å²) in [7, 11) is 0. The Morgan fingerprint density at radius 3 is 2.60 bits per heavy atom. The van der Waals surface area contributed by atoms with Crippen LogP contribution in [-0.2, 0) is 10.9 Å². The van der Waals surface area contributed by atoms with E-state index < -0.39 is 17.6 Å². The van der Waals surface area contributed by atoms with E-state index in [9.17, 15) is 18.0 Å². The molecular weight excluding hydrogens is 615 g/mol. The third-order valence-electron chi connectivity index (χ3n) is 7.95.